The Morgan fingerprint density at radius 3 is 2.39 bits per heavy atom. The molecule has 0 heterocycles. The summed E-state index contributed by atoms with van der Waals surface area (Å²) in [5.74, 6) is 0.365. The Kier molecular flexibility index (Phi) is 4.98. The van der Waals surface area contributed by atoms with E-state index in [-0.39, 0.29) is 6.61 Å². The van der Waals surface area contributed by atoms with Gasteiger partial charge in [0.05, 0.1) is 0 Å². The molecule has 0 unspecified atom stereocenters. The highest BCUT2D eigenvalue weighted by molar-refractivity contribution is 5.87. The third-order valence-electron chi connectivity index (χ3n) is 4.95. The lowest BCUT2D eigenvalue weighted by Crippen LogP contribution is -2.12. The molecule has 3 aromatic rings. The first-order valence-electron chi connectivity index (χ1n) is 9.39. The summed E-state index contributed by atoms with van der Waals surface area (Å²) in [7, 11) is 0. The van der Waals surface area contributed by atoms with Crippen LogP contribution in [0.2, 0.25) is 0 Å². The van der Waals surface area contributed by atoms with Crippen LogP contribution in [0.3, 0.4) is 0 Å². The van der Waals surface area contributed by atoms with Crippen molar-refractivity contribution < 1.29 is 14.3 Å². The van der Waals surface area contributed by atoms with Crippen molar-refractivity contribution in [2.45, 2.75) is 13.3 Å². The lowest BCUT2D eigenvalue weighted by molar-refractivity contribution is -0.139. The Balaban J connectivity index is 1.46. The molecule has 140 valence electrons. The van der Waals surface area contributed by atoms with Gasteiger partial charge in [0, 0.05) is 5.57 Å². The van der Waals surface area contributed by atoms with Crippen LogP contribution in [0.4, 0.5) is 0 Å². The van der Waals surface area contributed by atoms with Crippen LogP contribution < -0.4 is 4.74 Å². The molecule has 1 aliphatic carbocycles. The van der Waals surface area contributed by atoms with Crippen molar-refractivity contribution in [3.63, 3.8) is 0 Å². The van der Waals surface area contributed by atoms with E-state index in [1.165, 1.54) is 33.4 Å². The molecule has 0 atom stereocenters. The van der Waals surface area contributed by atoms with Gasteiger partial charge in [-0.2, -0.15) is 0 Å². The van der Waals surface area contributed by atoms with E-state index in [9.17, 15) is 4.79 Å². The molecule has 1 aliphatic rings. The van der Waals surface area contributed by atoms with Gasteiger partial charge in [0.25, 0.3) is 0 Å². The van der Waals surface area contributed by atoms with Crippen molar-refractivity contribution in [2.24, 2.45) is 0 Å². The van der Waals surface area contributed by atoms with Crippen molar-refractivity contribution >= 4 is 5.97 Å². The van der Waals surface area contributed by atoms with Crippen LogP contribution in [-0.4, -0.2) is 19.2 Å². The Morgan fingerprint density at radius 1 is 0.893 bits per heavy atom. The SMILES string of the molecule is C=C(C)C(=O)OCCOc1ccc(-c2cccc3c2Cc2ccccc2-3)cc1. The predicted octanol–water partition coefficient (Wildman–Crippen LogP) is 5.42. The Hall–Kier alpha value is -3.33. The molecule has 0 aromatic heterocycles. The molecule has 0 amide bonds. The third-order valence-corrected chi connectivity index (χ3v) is 4.95. The normalized spacial score (nSPS) is 11.5. The lowest BCUT2D eigenvalue weighted by atomic mass is 9.96. The minimum Gasteiger partial charge on any atom is -0.490 e. The Labute approximate surface area is 165 Å². The van der Waals surface area contributed by atoms with E-state index in [0.717, 1.165) is 12.2 Å². The number of hydrogen-bond donors (Lipinski definition) is 0. The minimum atomic E-state index is -0.391. The van der Waals surface area contributed by atoms with Crippen LogP contribution in [-0.2, 0) is 16.0 Å². The second-order valence-electron chi connectivity index (χ2n) is 6.95. The number of carbonyl (C=O) groups excluding carboxylic acids is 1. The zero-order chi connectivity index (χ0) is 19.5. The average Bonchev–Trinajstić information content (AvgIpc) is 3.10. The van der Waals surface area contributed by atoms with Crippen LogP contribution in [0, 0.1) is 0 Å². The Morgan fingerprint density at radius 2 is 1.61 bits per heavy atom. The summed E-state index contributed by atoms with van der Waals surface area (Å²) in [5.41, 5.74) is 8.25. The zero-order valence-electron chi connectivity index (χ0n) is 15.9. The van der Waals surface area contributed by atoms with Gasteiger partial charge in [0.1, 0.15) is 19.0 Å². The topological polar surface area (TPSA) is 35.5 Å². The van der Waals surface area contributed by atoms with Gasteiger partial charge in [-0.1, -0.05) is 61.2 Å². The highest BCUT2D eigenvalue weighted by Gasteiger charge is 2.20. The van der Waals surface area contributed by atoms with Gasteiger partial charge in [0.15, 0.2) is 0 Å². The number of fused-ring (bicyclic) bond motifs is 3. The van der Waals surface area contributed by atoms with E-state index in [1.54, 1.807) is 6.92 Å². The zero-order valence-corrected chi connectivity index (χ0v) is 15.9. The van der Waals surface area contributed by atoms with Gasteiger partial charge < -0.3 is 9.47 Å². The molecule has 28 heavy (non-hydrogen) atoms. The first kappa shape index (κ1) is 18.1. The molecule has 0 N–H and O–H groups in total. The summed E-state index contributed by atoms with van der Waals surface area (Å²) < 4.78 is 10.7. The number of benzene rings is 3. The molecule has 0 fully saturated rings. The summed E-state index contributed by atoms with van der Waals surface area (Å²) in [4.78, 5) is 11.4. The van der Waals surface area contributed by atoms with Crippen molar-refractivity contribution in [3.05, 3.63) is 90.0 Å². The second kappa shape index (κ2) is 7.73. The van der Waals surface area contributed by atoms with Gasteiger partial charge in [0.2, 0.25) is 0 Å². The van der Waals surface area contributed by atoms with Gasteiger partial charge in [-0.25, -0.2) is 4.79 Å². The van der Waals surface area contributed by atoms with Gasteiger partial charge in [-0.15, -0.1) is 0 Å². The van der Waals surface area contributed by atoms with Crippen molar-refractivity contribution in [2.75, 3.05) is 13.2 Å². The summed E-state index contributed by atoms with van der Waals surface area (Å²) in [6.07, 6.45) is 0.966. The fourth-order valence-electron chi connectivity index (χ4n) is 3.58. The van der Waals surface area contributed by atoms with E-state index in [1.807, 2.05) is 12.1 Å². The van der Waals surface area contributed by atoms with Crippen LogP contribution in [0.1, 0.15) is 18.1 Å². The molecule has 0 spiro atoms. The maximum Gasteiger partial charge on any atom is 0.333 e. The van der Waals surface area contributed by atoms with E-state index >= 15 is 0 Å². The van der Waals surface area contributed by atoms with Gasteiger partial charge >= 0.3 is 5.97 Å². The molecule has 0 saturated heterocycles. The van der Waals surface area contributed by atoms with Crippen molar-refractivity contribution in [3.8, 4) is 28.0 Å². The molecule has 3 nitrogen and oxygen atoms in total. The molecule has 0 saturated carbocycles. The fourth-order valence-corrected chi connectivity index (χ4v) is 3.58. The maximum absolute atomic E-state index is 11.4. The average molecular weight is 370 g/mol. The van der Waals surface area contributed by atoms with Crippen molar-refractivity contribution in [1.29, 1.82) is 0 Å². The number of esters is 1. The number of carbonyl (C=O) groups is 1. The summed E-state index contributed by atoms with van der Waals surface area (Å²) in [5, 5.41) is 0. The monoisotopic (exact) mass is 370 g/mol. The molecule has 3 aromatic carbocycles. The fraction of sp³-hybridized carbons (Fsp3) is 0.160. The third kappa shape index (κ3) is 3.56. The Bertz CT molecular complexity index is 1030. The maximum atomic E-state index is 11.4. The second-order valence-corrected chi connectivity index (χ2v) is 6.95. The molecule has 0 radical (unpaired) electrons. The largest absolute Gasteiger partial charge is 0.490 e. The lowest BCUT2D eigenvalue weighted by Gasteiger charge is -2.11. The standard InChI is InChI=1S/C25H22O3/c1-17(2)25(26)28-15-14-27-20-12-10-18(11-13-20)21-8-5-9-23-22-7-4-3-6-19(22)16-24(21)23/h3-13H,1,14-16H2,2H3. The quantitative estimate of drug-likeness (QED) is 0.258. The van der Waals surface area contributed by atoms with Crippen LogP contribution in [0.5, 0.6) is 5.75 Å². The van der Waals surface area contributed by atoms with Gasteiger partial charge in [-0.3, -0.25) is 0 Å². The highest BCUT2D eigenvalue weighted by Crippen LogP contribution is 2.41. The first-order chi connectivity index (χ1) is 13.6. The summed E-state index contributed by atoms with van der Waals surface area (Å²) >= 11 is 0. The van der Waals surface area contributed by atoms with E-state index in [2.05, 4.69) is 61.2 Å². The van der Waals surface area contributed by atoms with Gasteiger partial charge in [-0.05, 0) is 58.9 Å². The molecule has 0 aliphatic heterocycles. The minimum absolute atomic E-state index is 0.206. The van der Waals surface area contributed by atoms with Crippen molar-refractivity contribution in [1.82, 2.24) is 0 Å². The molecule has 0 bridgehead atoms. The molecular weight excluding hydrogens is 348 g/mol. The summed E-state index contributed by atoms with van der Waals surface area (Å²) in [6, 6.07) is 23.2. The molecular formula is C25H22O3. The van der Waals surface area contributed by atoms with E-state index in [0.29, 0.717) is 12.2 Å². The summed E-state index contributed by atoms with van der Waals surface area (Å²) in [6.45, 7) is 5.70. The van der Waals surface area contributed by atoms with Crippen LogP contribution in [0.15, 0.2) is 78.9 Å². The first-order valence-corrected chi connectivity index (χ1v) is 9.39. The molecule has 3 heteroatoms. The predicted molar refractivity (Wildman–Crippen MR) is 111 cm³/mol. The van der Waals surface area contributed by atoms with E-state index in [4.69, 9.17) is 9.47 Å². The highest BCUT2D eigenvalue weighted by atomic mass is 16.6. The molecule has 4 rings (SSSR count). The van der Waals surface area contributed by atoms with E-state index < -0.39 is 5.97 Å². The van der Waals surface area contributed by atoms with Crippen LogP contribution >= 0.6 is 0 Å². The number of hydrogen-bond acceptors (Lipinski definition) is 3. The van der Waals surface area contributed by atoms with Crippen LogP contribution in [0.25, 0.3) is 22.3 Å². The smallest absolute Gasteiger partial charge is 0.333 e. The number of ether oxygens (including phenoxy) is 2. The number of rotatable bonds is 6.